The number of para-hydroxylation sites is 1. The van der Waals surface area contributed by atoms with Gasteiger partial charge in [0.1, 0.15) is 11.7 Å². The van der Waals surface area contributed by atoms with Gasteiger partial charge in [0.15, 0.2) is 0 Å². The number of rotatable bonds is 9. The van der Waals surface area contributed by atoms with E-state index in [9.17, 15) is 19.6 Å². The summed E-state index contributed by atoms with van der Waals surface area (Å²) in [4.78, 5) is 37.3. The van der Waals surface area contributed by atoms with Gasteiger partial charge in [0.2, 0.25) is 5.91 Å². The number of carbonyl (C=O) groups excluding carboxylic acids is 3. The zero-order valence-electron chi connectivity index (χ0n) is 17.1. The third kappa shape index (κ3) is 5.33. The molecule has 0 unspecified atom stereocenters. The number of hydrogen-bond donors (Lipinski definition) is 1. The molecule has 1 aliphatic rings. The fourth-order valence-electron chi connectivity index (χ4n) is 3.12. The molecule has 0 saturated heterocycles. The smallest absolute Gasteiger partial charge is 0.319 e. The number of hydrogen-bond acceptors (Lipinski definition) is 8. The zero-order valence-corrected chi connectivity index (χ0v) is 17.9. The second-order valence-electron chi connectivity index (χ2n) is 6.12. The Balaban J connectivity index is 2.56. The first-order valence-electron chi connectivity index (χ1n) is 9.60. The predicted octanol–water partition coefficient (Wildman–Crippen LogP) is 2.51. The minimum atomic E-state index is -1.26. The molecule has 0 radical (unpaired) electrons. The fourth-order valence-corrected chi connectivity index (χ4v) is 3.97. The Morgan fingerprint density at radius 1 is 1.13 bits per heavy atom. The lowest BCUT2D eigenvalue weighted by Crippen LogP contribution is -2.44. The number of benzene rings is 1. The summed E-state index contributed by atoms with van der Waals surface area (Å²) >= 11 is 0.984. The maximum Gasteiger partial charge on any atom is 0.319 e. The lowest BCUT2D eigenvalue weighted by atomic mass is 9.78. The molecule has 1 amide bonds. The molecule has 0 bridgehead atoms. The standard InChI is InChI=1S/C21H24N2O6S/c1-4-27-15-10-8-7-9-13(15)17-14(11-22)20(30-12-16(24)28-5-2)23-19(25)18(17)21(26)29-6-3/h7-10,17-18H,4-6,12H2,1-3H3,(H,23,25)/t17-,18+/m1/s1. The number of nitriles is 1. The molecule has 1 N–H and O–H groups in total. The molecule has 0 aromatic heterocycles. The molecule has 1 aromatic carbocycles. The van der Waals surface area contributed by atoms with Crippen LogP contribution in [0.25, 0.3) is 0 Å². The zero-order chi connectivity index (χ0) is 22.1. The van der Waals surface area contributed by atoms with E-state index in [2.05, 4.69) is 11.4 Å². The van der Waals surface area contributed by atoms with Crippen molar-refractivity contribution in [2.24, 2.45) is 5.92 Å². The molecular weight excluding hydrogens is 408 g/mol. The van der Waals surface area contributed by atoms with Crippen molar-refractivity contribution in [2.45, 2.75) is 26.7 Å². The van der Waals surface area contributed by atoms with Crippen LogP contribution < -0.4 is 10.1 Å². The van der Waals surface area contributed by atoms with Crippen molar-refractivity contribution in [1.29, 1.82) is 5.26 Å². The number of nitrogens with zero attached hydrogens (tertiary/aromatic N) is 1. The van der Waals surface area contributed by atoms with E-state index in [1.165, 1.54) is 0 Å². The van der Waals surface area contributed by atoms with Gasteiger partial charge in [0.25, 0.3) is 0 Å². The molecule has 0 aliphatic carbocycles. The molecule has 0 spiro atoms. The molecule has 0 saturated carbocycles. The Bertz CT molecular complexity index is 876. The molecule has 9 heteroatoms. The summed E-state index contributed by atoms with van der Waals surface area (Å²) in [5, 5.41) is 12.7. The number of thioether (sulfide) groups is 1. The Kier molecular flexibility index (Phi) is 8.74. The molecule has 160 valence electrons. The average molecular weight is 432 g/mol. The summed E-state index contributed by atoms with van der Waals surface area (Å²) in [6.45, 7) is 5.84. The molecule has 0 fully saturated rings. The number of nitrogens with one attached hydrogen (secondary N) is 1. The fraction of sp³-hybridized carbons (Fsp3) is 0.429. The van der Waals surface area contributed by atoms with Crippen LogP contribution in [0.5, 0.6) is 5.75 Å². The van der Waals surface area contributed by atoms with E-state index in [1.54, 1.807) is 38.1 Å². The molecule has 1 heterocycles. The van der Waals surface area contributed by atoms with Crippen LogP contribution in [0.2, 0.25) is 0 Å². The quantitative estimate of drug-likeness (QED) is 0.468. The first-order chi connectivity index (χ1) is 14.5. The van der Waals surface area contributed by atoms with Gasteiger partial charge in [-0.05, 0) is 26.8 Å². The van der Waals surface area contributed by atoms with Crippen molar-refractivity contribution in [2.75, 3.05) is 25.6 Å². The molecule has 1 aliphatic heterocycles. The Morgan fingerprint density at radius 2 is 1.83 bits per heavy atom. The molecule has 8 nitrogen and oxygen atoms in total. The first-order valence-corrected chi connectivity index (χ1v) is 10.6. The monoisotopic (exact) mass is 432 g/mol. The summed E-state index contributed by atoms with van der Waals surface area (Å²) in [5.74, 6) is -3.58. The van der Waals surface area contributed by atoms with Gasteiger partial charge in [-0.2, -0.15) is 5.26 Å². The molecule has 2 rings (SSSR count). The minimum absolute atomic E-state index is 0.0848. The van der Waals surface area contributed by atoms with Crippen LogP contribution in [0.3, 0.4) is 0 Å². The van der Waals surface area contributed by atoms with Crippen molar-refractivity contribution >= 4 is 29.6 Å². The number of ether oxygens (including phenoxy) is 3. The summed E-state index contributed by atoms with van der Waals surface area (Å²) < 4.78 is 15.7. The largest absolute Gasteiger partial charge is 0.494 e. The highest BCUT2D eigenvalue weighted by Gasteiger charge is 2.45. The van der Waals surface area contributed by atoms with E-state index in [1.807, 2.05) is 6.92 Å². The van der Waals surface area contributed by atoms with Crippen molar-refractivity contribution < 1.29 is 28.6 Å². The first kappa shape index (κ1) is 23.3. The van der Waals surface area contributed by atoms with Crippen molar-refractivity contribution in [3.63, 3.8) is 0 Å². The normalized spacial score (nSPS) is 18.3. The van der Waals surface area contributed by atoms with E-state index < -0.39 is 29.7 Å². The number of carbonyl (C=O) groups is 3. The Labute approximate surface area is 179 Å². The van der Waals surface area contributed by atoms with Gasteiger partial charge in [0.05, 0.1) is 42.2 Å². The summed E-state index contributed by atoms with van der Waals surface area (Å²) in [6, 6.07) is 9.04. The summed E-state index contributed by atoms with van der Waals surface area (Å²) in [7, 11) is 0. The van der Waals surface area contributed by atoms with Crippen molar-refractivity contribution in [1.82, 2.24) is 5.32 Å². The third-order valence-electron chi connectivity index (χ3n) is 4.26. The molecule has 2 atom stereocenters. The third-order valence-corrected chi connectivity index (χ3v) is 5.25. The highest BCUT2D eigenvalue weighted by atomic mass is 32.2. The lowest BCUT2D eigenvalue weighted by molar-refractivity contribution is -0.153. The number of esters is 2. The second kappa shape index (κ2) is 11.3. The SMILES string of the molecule is CCOC(=O)CSC1=C(C#N)[C@@H](c2ccccc2OCC)[C@H](C(=O)OCC)C(=O)N1. The molecule has 1 aromatic rings. The molecular formula is C21H24N2O6S. The van der Waals surface area contributed by atoms with Gasteiger partial charge >= 0.3 is 11.9 Å². The van der Waals surface area contributed by atoms with E-state index in [-0.39, 0.29) is 29.6 Å². The average Bonchev–Trinajstić information content (AvgIpc) is 2.72. The van der Waals surface area contributed by atoms with Gasteiger partial charge < -0.3 is 19.5 Å². The van der Waals surface area contributed by atoms with E-state index >= 15 is 0 Å². The topological polar surface area (TPSA) is 115 Å². The number of amides is 1. The van der Waals surface area contributed by atoms with Crippen LogP contribution >= 0.6 is 11.8 Å². The van der Waals surface area contributed by atoms with Crippen LogP contribution in [-0.4, -0.2) is 43.4 Å². The Hall–Kier alpha value is -2.99. The highest BCUT2D eigenvalue weighted by Crippen LogP contribution is 2.43. The van der Waals surface area contributed by atoms with Gasteiger partial charge in [-0.1, -0.05) is 30.0 Å². The van der Waals surface area contributed by atoms with E-state index in [4.69, 9.17) is 14.2 Å². The van der Waals surface area contributed by atoms with Crippen LogP contribution in [0.4, 0.5) is 0 Å². The van der Waals surface area contributed by atoms with Gasteiger partial charge in [-0.15, -0.1) is 0 Å². The van der Waals surface area contributed by atoms with Gasteiger partial charge in [0, 0.05) is 11.5 Å². The van der Waals surface area contributed by atoms with Crippen molar-refractivity contribution in [3.8, 4) is 11.8 Å². The van der Waals surface area contributed by atoms with Crippen molar-refractivity contribution in [3.05, 3.63) is 40.4 Å². The van der Waals surface area contributed by atoms with E-state index in [0.29, 0.717) is 17.9 Å². The van der Waals surface area contributed by atoms with Gasteiger partial charge in [-0.25, -0.2) is 0 Å². The highest BCUT2D eigenvalue weighted by molar-refractivity contribution is 8.03. The minimum Gasteiger partial charge on any atom is -0.494 e. The van der Waals surface area contributed by atoms with Crippen LogP contribution in [0.1, 0.15) is 32.3 Å². The van der Waals surface area contributed by atoms with E-state index in [0.717, 1.165) is 11.8 Å². The summed E-state index contributed by atoms with van der Waals surface area (Å²) in [5.41, 5.74) is 0.687. The molecule has 30 heavy (non-hydrogen) atoms. The summed E-state index contributed by atoms with van der Waals surface area (Å²) in [6.07, 6.45) is 0. The maximum absolute atomic E-state index is 12.9. The Morgan fingerprint density at radius 3 is 2.47 bits per heavy atom. The number of allylic oxidation sites excluding steroid dienone is 1. The predicted molar refractivity (Wildman–Crippen MR) is 110 cm³/mol. The van der Waals surface area contributed by atoms with Crippen LogP contribution in [-0.2, 0) is 23.9 Å². The maximum atomic E-state index is 12.9. The van der Waals surface area contributed by atoms with Crippen LogP contribution in [0.15, 0.2) is 34.9 Å². The van der Waals surface area contributed by atoms with Gasteiger partial charge in [-0.3, -0.25) is 14.4 Å². The second-order valence-corrected chi connectivity index (χ2v) is 7.10. The lowest BCUT2D eigenvalue weighted by Gasteiger charge is -2.31. The van der Waals surface area contributed by atoms with Crippen LogP contribution in [0, 0.1) is 17.2 Å².